The summed E-state index contributed by atoms with van der Waals surface area (Å²) in [6.07, 6.45) is 0. The predicted octanol–water partition coefficient (Wildman–Crippen LogP) is 7.13. The van der Waals surface area contributed by atoms with Crippen LogP contribution in [0.1, 0.15) is 11.1 Å². The highest BCUT2D eigenvalue weighted by Gasteiger charge is 2.10. The first-order valence-electron chi connectivity index (χ1n) is 8.86. The minimum atomic E-state index is 0.429. The molecule has 0 fully saturated rings. The Bertz CT molecular complexity index is 1220. The third kappa shape index (κ3) is 3.90. The Labute approximate surface area is 181 Å². The molecule has 0 aliphatic carbocycles. The standard InChI is InChI=1S/C23H18BrClN2S/c1-15-11-19(24)20(25)13-22(15)27-21-9-8-18(12-17(21)7-10-23(27)26)28-14-16-5-3-2-4-6-16/h2-13,26H,14H2,1H3. The highest BCUT2D eigenvalue weighted by molar-refractivity contribution is 9.10. The monoisotopic (exact) mass is 468 g/mol. The highest BCUT2D eigenvalue weighted by atomic mass is 79.9. The van der Waals surface area contributed by atoms with E-state index in [1.165, 1.54) is 10.5 Å². The maximum atomic E-state index is 8.46. The van der Waals surface area contributed by atoms with Crippen LogP contribution in [0, 0.1) is 12.3 Å². The number of hydrogen-bond acceptors (Lipinski definition) is 2. The van der Waals surface area contributed by atoms with E-state index in [-0.39, 0.29) is 0 Å². The predicted molar refractivity (Wildman–Crippen MR) is 123 cm³/mol. The molecule has 140 valence electrons. The lowest BCUT2D eigenvalue weighted by atomic mass is 10.1. The fourth-order valence-electron chi connectivity index (χ4n) is 3.21. The van der Waals surface area contributed by atoms with Gasteiger partial charge in [-0.05, 0) is 81.8 Å². The zero-order valence-electron chi connectivity index (χ0n) is 15.2. The van der Waals surface area contributed by atoms with Gasteiger partial charge in [0.05, 0.1) is 16.2 Å². The summed E-state index contributed by atoms with van der Waals surface area (Å²) in [5, 5.41) is 10.2. The van der Waals surface area contributed by atoms with Crippen molar-refractivity contribution in [3.63, 3.8) is 0 Å². The maximum absolute atomic E-state index is 8.46. The van der Waals surface area contributed by atoms with Gasteiger partial charge >= 0.3 is 0 Å². The molecule has 0 unspecified atom stereocenters. The maximum Gasteiger partial charge on any atom is 0.129 e. The smallest absolute Gasteiger partial charge is 0.129 e. The van der Waals surface area contributed by atoms with Crippen LogP contribution in [0.5, 0.6) is 0 Å². The molecule has 4 rings (SSSR count). The first kappa shape index (κ1) is 19.3. The quantitative estimate of drug-likeness (QED) is 0.316. The lowest BCUT2D eigenvalue weighted by molar-refractivity contribution is 0.955. The average molecular weight is 470 g/mol. The van der Waals surface area contributed by atoms with E-state index in [1.54, 1.807) is 0 Å². The molecule has 4 aromatic rings. The van der Waals surface area contributed by atoms with Gasteiger partial charge < -0.3 is 0 Å². The van der Waals surface area contributed by atoms with Gasteiger partial charge in [0.2, 0.25) is 0 Å². The number of thioether (sulfide) groups is 1. The van der Waals surface area contributed by atoms with E-state index in [4.69, 9.17) is 17.0 Å². The molecule has 0 radical (unpaired) electrons. The van der Waals surface area contributed by atoms with E-state index in [0.717, 1.165) is 32.4 Å². The number of pyridine rings is 1. The van der Waals surface area contributed by atoms with E-state index >= 15 is 0 Å². The number of hydrogen-bond donors (Lipinski definition) is 1. The van der Waals surface area contributed by atoms with Gasteiger partial charge in [-0.15, -0.1) is 11.8 Å². The molecule has 1 N–H and O–H groups in total. The number of nitrogens with one attached hydrogen (secondary N) is 1. The fraction of sp³-hybridized carbons (Fsp3) is 0.0870. The minimum absolute atomic E-state index is 0.429. The molecule has 1 aromatic heterocycles. The number of rotatable bonds is 4. The van der Waals surface area contributed by atoms with Gasteiger partial charge in [0.1, 0.15) is 5.49 Å². The third-order valence-electron chi connectivity index (χ3n) is 4.63. The molecule has 0 atom stereocenters. The van der Waals surface area contributed by atoms with Gasteiger partial charge in [0.25, 0.3) is 0 Å². The van der Waals surface area contributed by atoms with Crippen molar-refractivity contribution in [2.75, 3.05) is 0 Å². The van der Waals surface area contributed by atoms with Crippen molar-refractivity contribution < 1.29 is 0 Å². The summed E-state index contributed by atoms with van der Waals surface area (Å²) in [5.41, 5.74) is 4.72. The van der Waals surface area contributed by atoms with Crippen molar-refractivity contribution in [3.8, 4) is 5.69 Å². The summed E-state index contributed by atoms with van der Waals surface area (Å²) in [4.78, 5) is 1.21. The molecule has 0 aliphatic rings. The third-order valence-corrected chi connectivity index (χ3v) is 6.89. The van der Waals surface area contributed by atoms with Crippen molar-refractivity contribution in [1.82, 2.24) is 4.57 Å². The lowest BCUT2D eigenvalue weighted by Gasteiger charge is -2.16. The number of fused-ring (bicyclic) bond motifs is 1. The van der Waals surface area contributed by atoms with Gasteiger partial charge in [-0.1, -0.05) is 41.9 Å². The second-order valence-electron chi connectivity index (χ2n) is 6.60. The molecule has 0 amide bonds. The first-order valence-corrected chi connectivity index (χ1v) is 11.0. The Kier molecular flexibility index (Phi) is 5.63. The molecular weight excluding hydrogens is 452 g/mol. The Balaban J connectivity index is 1.76. The molecule has 0 saturated heterocycles. The van der Waals surface area contributed by atoms with Crippen molar-refractivity contribution in [2.24, 2.45) is 0 Å². The molecule has 1 heterocycles. The number of aromatic nitrogens is 1. The first-order chi connectivity index (χ1) is 13.5. The van der Waals surface area contributed by atoms with Gasteiger partial charge in [-0.25, -0.2) is 0 Å². The Hall–Kier alpha value is -2.01. The summed E-state index contributed by atoms with van der Waals surface area (Å²) in [5.74, 6) is 0.935. The Morgan fingerprint density at radius 2 is 1.79 bits per heavy atom. The zero-order valence-corrected chi connectivity index (χ0v) is 18.4. The van der Waals surface area contributed by atoms with Crippen LogP contribution in [0.2, 0.25) is 5.02 Å². The molecule has 0 spiro atoms. The zero-order chi connectivity index (χ0) is 19.7. The van der Waals surface area contributed by atoms with E-state index in [2.05, 4.69) is 58.4 Å². The summed E-state index contributed by atoms with van der Waals surface area (Å²) >= 11 is 11.6. The molecular formula is C23H18BrClN2S. The Morgan fingerprint density at radius 3 is 2.57 bits per heavy atom. The van der Waals surface area contributed by atoms with Gasteiger partial charge in [-0.3, -0.25) is 9.98 Å². The number of benzene rings is 3. The molecule has 2 nitrogen and oxygen atoms in total. The van der Waals surface area contributed by atoms with E-state index in [9.17, 15) is 0 Å². The number of halogens is 2. The molecule has 3 aromatic carbocycles. The summed E-state index contributed by atoms with van der Waals surface area (Å²) < 4.78 is 2.82. The van der Waals surface area contributed by atoms with Crippen LogP contribution in [0.4, 0.5) is 0 Å². The van der Waals surface area contributed by atoms with Gasteiger partial charge in [0, 0.05) is 15.1 Å². The van der Waals surface area contributed by atoms with E-state index < -0.39 is 0 Å². The molecule has 0 bridgehead atoms. The molecule has 0 aliphatic heterocycles. The summed E-state index contributed by atoms with van der Waals surface area (Å²) in [7, 11) is 0. The fourth-order valence-corrected chi connectivity index (χ4v) is 4.73. The average Bonchev–Trinajstić information content (AvgIpc) is 2.70. The van der Waals surface area contributed by atoms with E-state index in [0.29, 0.717) is 10.5 Å². The van der Waals surface area contributed by atoms with Crippen LogP contribution in [0.25, 0.3) is 16.6 Å². The molecule has 5 heteroatoms. The van der Waals surface area contributed by atoms with Crippen molar-refractivity contribution in [3.05, 3.63) is 98.9 Å². The van der Waals surface area contributed by atoms with Crippen molar-refractivity contribution in [1.29, 1.82) is 5.41 Å². The van der Waals surface area contributed by atoms with Crippen molar-refractivity contribution >= 4 is 50.2 Å². The van der Waals surface area contributed by atoms with Gasteiger partial charge in [-0.2, -0.15) is 0 Å². The highest BCUT2D eigenvalue weighted by Crippen LogP contribution is 2.30. The van der Waals surface area contributed by atoms with Crippen LogP contribution >= 0.6 is 39.3 Å². The summed E-state index contributed by atoms with van der Waals surface area (Å²) in [6, 6.07) is 24.6. The Morgan fingerprint density at radius 1 is 1.00 bits per heavy atom. The second-order valence-corrected chi connectivity index (χ2v) is 8.91. The number of aryl methyl sites for hydroxylation is 1. The minimum Gasteiger partial charge on any atom is -0.295 e. The summed E-state index contributed by atoms with van der Waals surface area (Å²) in [6.45, 7) is 2.03. The van der Waals surface area contributed by atoms with Crippen LogP contribution in [-0.4, -0.2) is 4.57 Å². The molecule has 0 saturated carbocycles. The van der Waals surface area contributed by atoms with Crippen LogP contribution in [0.15, 0.2) is 82.2 Å². The topological polar surface area (TPSA) is 28.8 Å². The van der Waals surface area contributed by atoms with Gasteiger partial charge in [0.15, 0.2) is 0 Å². The normalized spacial score (nSPS) is 11.1. The molecule has 28 heavy (non-hydrogen) atoms. The van der Waals surface area contributed by atoms with Crippen LogP contribution < -0.4 is 5.49 Å². The van der Waals surface area contributed by atoms with E-state index in [1.807, 2.05) is 53.6 Å². The van der Waals surface area contributed by atoms with Crippen LogP contribution in [-0.2, 0) is 5.75 Å². The lowest BCUT2D eigenvalue weighted by Crippen LogP contribution is -2.18. The second kappa shape index (κ2) is 8.16. The number of nitrogens with zero attached hydrogens (tertiary/aromatic N) is 1. The van der Waals surface area contributed by atoms with Crippen LogP contribution in [0.3, 0.4) is 0 Å². The largest absolute Gasteiger partial charge is 0.295 e. The SMILES string of the molecule is Cc1cc(Br)c(Cl)cc1-n1c(=N)ccc2cc(SCc3ccccc3)ccc21. The van der Waals surface area contributed by atoms with Crippen molar-refractivity contribution in [2.45, 2.75) is 17.6 Å².